The summed E-state index contributed by atoms with van der Waals surface area (Å²) >= 11 is 0. The topological polar surface area (TPSA) is 115 Å². The molecule has 2 amide bonds. The van der Waals surface area contributed by atoms with Gasteiger partial charge in [0, 0.05) is 29.9 Å². The smallest absolute Gasteiger partial charge is 0.268 e. The van der Waals surface area contributed by atoms with Crippen LogP contribution in [0.1, 0.15) is 27.9 Å². The van der Waals surface area contributed by atoms with Gasteiger partial charge in [-0.1, -0.05) is 18.2 Å². The molecule has 8 nitrogen and oxygen atoms in total. The van der Waals surface area contributed by atoms with E-state index in [4.69, 9.17) is 5.26 Å². The van der Waals surface area contributed by atoms with Crippen molar-refractivity contribution in [2.24, 2.45) is 0 Å². The highest BCUT2D eigenvalue weighted by Gasteiger charge is 2.47. The standard InChI is InChI=1S/C22H18F2N6O2/c23-22(24)8-16(9-25)30(12-22)20(31)11-27-21(32)17-5-6-26-10-15(17)3-1-14-2-4-18-19(7-14)29-13-28-18/h1-7,10,13,16H,8,11-12H2,(H,27,32)(H,28,29). The molecule has 0 spiro atoms. The van der Waals surface area contributed by atoms with E-state index < -0.39 is 43.3 Å². The van der Waals surface area contributed by atoms with E-state index in [1.807, 2.05) is 18.2 Å². The van der Waals surface area contributed by atoms with Gasteiger partial charge in [0.05, 0.1) is 36.5 Å². The van der Waals surface area contributed by atoms with Crippen molar-refractivity contribution in [1.29, 1.82) is 5.26 Å². The first kappa shape index (κ1) is 21.1. The highest BCUT2D eigenvalue weighted by Crippen LogP contribution is 2.31. The summed E-state index contributed by atoms with van der Waals surface area (Å²) in [4.78, 5) is 37.0. The maximum atomic E-state index is 13.5. The van der Waals surface area contributed by atoms with Crippen LogP contribution >= 0.6 is 0 Å². The van der Waals surface area contributed by atoms with Gasteiger partial charge in [0.25, 0.3) is 11.8 Å². The van der Waals surface area contributed by atoms with Crippen molar-refractivity contribution in [2.45, 2.75) is 18.4 Å². The molecule has 4 rings (SSSR count). The molecule has 0 bridgehead atoms. The maximum Gasteiger partial charge on any atom is 0.268 e. The van der Waals surface area contributed by atoms with Crippen LogP contribution in [0.5, 0.6) is 0 Å². The predicted molar refractivity (Wildman–Crippen MR) is 112 cm³/mol. The predicted octanol–water partition coefficient (Wildman–Crippen LogP) is 2.62. The zero-order valence-electron chi connectivity index (χ0n) is 16.8. The van der Waals surface area contributed by atoms with Crippen LogP contribution in [0, 0.1) is 11.3 Å². The third-order valence-corrected chi connectivity index (χ3v) is 5.14. The van der Waals surface area contributed by atoms with Crippen LogP contribution in [0.15, 0.2) is 43.0 Å². The van der Waals surface area contributed by atoms with Gasteiger partial charge in [-0.05, 0) is 23.8 Å². The Kier molecular flexibility index (Phi) is 5.64. The summed E-state index contributed by atoms with van der Waals surface area (Å²) < 4.78 is 27.1. The molecule has 1 aliphatic heterocycles. The number of carbonyl (C=O) groups excluding carboxylic acids is 2. The quantitative estimate of drug-likeness (QED) is 0.638. The Labute approximate surface area is 181 Å². The first-order valence-electron chi connectivity index (χ1n) is 9.77. The number of fused-ring (bicyclic) bond motifs is 1. The van der Waals surface area contributed by atoms with Gasteiger partial charge in [-0.2, -0.15) is 5.26 Å². The van der Waals surface area contributed by atoms with E-state index in [0.717, 1.165) is 21.5 Å². The van der Waals surface area contributed by atoms with Crippen LogP contribution in [0.25, 0.3) is 23.2 Å². The Bertz CT molecular complexity index is 1250. The number of imidazole rings is 1. The Hall–Kier alpha value is -4.13. The Morgan fingerprint density at radius 1 is 1.34 bits per heavy atom. The lowest BCUT2D eigenvalue weighted by Crippen LogP contribution is -2.43. The molecule has 1 unspecified atom stereocenters. The number of nitrogens with zero attached hydrogens (tertiary/aromatic N) is 4. The number of aromatic amines is 1. The van der Waals surface area contributed by atoms with Crippen LogP contribution in [-0.2, 0) is 4.79 Å². The zero-order chi connectivity index (χ0) is 22.7. The van der Waals surface area contributed by atoms with E-state index in [9.17, 15) is 18.4 Å². The van der Waals surface area contributed by atoms with Gasteiger partial charge in [0.2, 0.25) is 5.91 Å². The Morgan fingerprint density at radius 2 is 2.19 bits per heavy atom. The summed E-state index contributed by atoms with van der Waals surface area (Å²) in [5.74, 6) is -4.40. The molecular formula is C22H18F2N6O2. The summed E-state index contributed by atoms with van der Waals surface area (Å²) in [6.07, 6.45) is 7.36. The number of hydrogen-bond donors (Lipinski definition) is 2. The number of nitriles is 1. The lowest BCUT2D eigenvalue weighted by atomic mass is 10.1. The van der Waals surface area contributed by atoms with E-state index in [1.165, 1.54) is 18.5 Å². The van der Waals surface area contributed by atoms with Gasteiger partial charge in [-0.15, -0.1) is 0 Å². The fraction of sp³-hybridized carbons (Fsp3) is 0.227. The summed E-state index contributed by atoms with van der Waals surface area (Å²) in [7, 11) is 0. The lowest BCUT2D eigenvalue weighted by Gasteiger charge is -2.19. The molecule has 0 radical (unpaired) electrons. The molecule has 1 atom stereocenters. The number of H-pyrrole nitrogens is 1. The molecule has 1 aliphatic rings. The van der Waals surface area contributed by atoms with E-state index >= 15 is 0 Å². The molecule has 0 aliphatic carbocycles. The summed E-state index contributed by atoms with van der Waals surface area (Å²) in [5, 5.41) is 11.5. The number of amides is 2. The van der Waals surface area contributed by atoms with E-state index in [1.54, 1.807) is 24.5 Å². The van der Waals surface area contributed by atoms with Gasteiger partial charge in [0.15, 0.2) is 0 Å². The summed E-state index contributed by atoms with van der Waals surface area (Å²) in [5.41, 5.74) is 3.36. The van der Waals surface area contributed by atoms with Gasteiger partial charge in [-0.3, -0.25) is 14.6 Å². The molecule has 1 aromatic carbocycles. The van der Waals surface area contributed by atoms with Gasteiger partial charge in [-0.25, -0.2) is 13.8 Å². The molecule has 2 aromatic heterocycles. The van der Waals surface area contributed by atoms with Crippen LogP contribution in [0.4, 0.5) is 8.78 Å². The third kappa shape index (κ3) is 4.46. The Balaban J connectivity index is 1.44. The van der Waals surface area contributed by atoms with Crippen molar-refractivity contribution < 1.29 is 18.4 Å². The van der Waals surface area contributed by atoms with Crippen molar-refractivity contribution in [2.75, 3.05) is 13.1 Å². The molecule has 0 saturated carbocycles. The fourth-order valence-corrected chi connectivity index (χ4v) is 3.53. The number of pyridine rings is 1. The zero-order valence-corrected chi connectivity index (χ0v) is 16.8. The Morgan fingerprint density at radius 3 is 3.00 bits per heavy atom. The monoisotopic (exact) mass is 436 g/mol. The second-order valence-corrected chi connectivity index (χ2v) is 7.38. The van der Waals surface area contributed by atoms with E-state index in [0.29, 0.717) is 5.56 Å². The maximum absolute atomic E-state index is 13.5. The average molecular weight is 436 g/mol. The normalized spacial score (nSPS) is 17.5. The van der Waals surface area contributed by atoms with Crippen LogP contribution in [-0.4, -0.2) is 56.7 Å². The van der Waals surface area contributed by atoms with Crippen molar-refractivity contribution in [1.82, 2.24) is 25.2 Å². The number of carbonyl (C=O) groups is 2. The van der Waals surface area contributed by atoms with Gasteiger partial charge >= 0.3 is 0 Å². The molecule has 2 N–H and O–H groups in total. The van der Waals surface area contributed by atoms with Crippen LogP contribution < -0.4 is 5.32 Å². The SMILES string of the molecule is N#CC1CC(F)(F)CN1C(=O)CNC(=O)c1ccncc1C=Cc1ccc2[nH]cnc2c1. The molecular weight excluding hydrogens is 418 g/mol. The molecule has 1 fully saturated rings. The minimum Gasteiger partial charge on any atom is -0.345 e. The number of rotatable bonds is 5. The van der Waals surface area contributed by atoms with Crippen molar-refractivity contribution in [3.05, 3.63) is 59.7 Å². The van der Waals surface area contributed by atoms with Crippen molar-refractivity contribution in [3.8, 4) is 6.07 Å². The molecule has 1 saturated heterocycles. The number of halogens is 2. The van der Waals surface area contributed by atoms with Gasteiger partial charge in [0.1, 0.15) is 6.04 Å². The van der Waals surface area contributed by atoms with Crippen molar-refractivity contribution >= 4 is 35.0 Å². The number of alkyl halides is 2. The molecule has 10 heteroatoms. The van der Waals surface area contributed by atoms with Gasteiger partial charge < -0.3 is 15.2 Å². The average Bonchev–Trinajstić information content (AvgIpc) is 3.38. The second kappa shape index (κ2) is 8.55. The third-order valence-electron chi connectivity index (χ3n) is 5.14. The fourth-order valence-electron chi connectivity index (χ4n) is 3.53. The first-order chi connectivity index (χ1) is 15.4. The number of aromatic nitrogens is 3. The summed E-state index contributed by atoms with van der Waals surface area (Å²) in [6, 6.07) is 7.67. The van der Waals surface area contributed by atoms with Crippen LogP contribution in [0.2, 0.25) is 0 Å². The summed E-state index contributed by atoms with van der Waals surface area (Å²) in [6.45, 7) is -1.32. The number of benzene rings is 1. The first-order valence-corrected chi connectivity index (χ1v) is 9.77. The second-order valence-electron chi connectivity index (χ2n) is 7.38. The molecule has 3 aromatic rings. The minimum absolute atomic E-state index is 0.272. The lowest BCUT2D eigenvalue weighted by molar-refractivity contribution is -0.131. The minimum atomic E-state index is -3.11. The molecule has 3 heterocycles. The highest BCUT2D eigenvalue weighted by molar-refractivity contribution is 6.00. The number of nitrogens with one attached hydrogen (secondary N) is 2. The largest absolute Gasteiger partial charge is 0.345 e. The number of likely N-dealkylation sites (tertiary alicyclic amines) is 1. The van der Waals surface area contributed by atoms with Crippen LogP contribution in [0.3, 0.4) is 0 Å². The van der Waals surface area contributed by atoms with E-state index in [-0.39, 0.29) is 5.56 Å². The highest BCUT2D eigenvalue weighted by atomic mass is 19.3. The van der Waals surface area contributed by atoms with Crippen molar-refractivity contribution in [3.63, 3.8) is 0 Å². The number of hydrogen-bond acceptors (Lipinski definition) is 5. The molecule has 162 valence electrons. The molecule has 32 heavy (non-hydrogen) atoms. The van der Waals surface area contributed by atoms with E-state index in [2.05, 4.69) is 20.3 Å².